The second kappa shape index (κ2) is 9.60. The van der Waals surface area contributed by atoms with Gasteiger partial charge in [-0.1, -0.05) is 0 Å². The molecule has 30 heavy (non-hydrogen) atoms. The fraction of sp³-hybridized carbons (Fsp3) is 0.478. The van der Waals surface area contributed by atoms with Crippen LogP contribution in [0, 0.1) is 12.8 Å². The Morgan fingerprint density at radius 2 is 1.97 bits per heavy atom. The lowest BCUT2D eigenvalue weighted by Gasteiger charge is -2.25. The molecule has 1 fully saturated rings. The normalized spacial score (nSPS) is 25.5. The lowest BCUT2D eigenvalue weighted by atomic mass is 9.87. The summed E-state index contributed by atoms with van der Waals surface area (Å²) in [5.74, 6) is 0.878. The van der Waals surface area contributed by atoms with Crippen LogP contribution in [0.3, 0.4) is 0 Å². The predicted octanol–water partition coefficient (Wildman–Crippen LogP) is 3.99. The number of aliphatic hydroxyl groups excluding tert-OH is 1. The Hall–Kier alpha value is -1.73. The fourth-order valence-corrected chi connectivity index (χ4v) is 5.40. The summed E-state index contributed by atoms with van der Waals surface area (Å²) >= 11 is 1.73. The van der Waals surface area contributed by atoms with Crippen molar-refractivity contribution >= 4 is 35.3 Å². The highest BCUT2D eigenvalue weighted by Crippen LogP contribution is 2.32. The highest BCUT2D eigenvalue weighted by Gasteiger charge is 2.37. The lowest BCUT2D eigenvalue weighted by molar-refractivity contribution is 0.0441. The summed E-state index contributed by atoms with van der Waals surface area (Å²) in [7, 11) is 0. The average Bonchev–Trinajstić information content (AvgIpc) is 3.25. The highest BCUT2D eigenvalue weighted by atomic mass is 35.5. The number of thiophene rings is 1. The van der Waals surface area contributed by atoms with Crippen LogP contribution >= 0.6 is 23.7 Å². The molecule has 0 amide bonds. The molecular weight excluding hydrogens is 422 g/mol. The summed E-state index contributed by atoms with van der Waals surface area (Å²) in [5, 5.41) is 14.1. The molecule has 162 valence electrons. The molecule has 5 nitrogen and oxygen atoms in total. The molecule has 0 saturated heterocycles. The van der Waals surface area contributed by atoms with E-state index in [-0.39, 0.29) is 42.0 Å². The molecule has 0 spiro atoms. The molecule has 4 atom stereocenters. The van der Waals surface area contributed by atoms with Gasteiger partial charge in [0.1, 0.15) is 18.0 Å². The Bertz CT molecular complexity index is 910. The Morgan fingerprint density at radius 1 is 1.23 bits per heavy atom. The number of rotatable bonds is 6. The molecule has 2 aliphatic carbocycles. The highest BCUT2D eigenvalue weighted by molar-refractivity contribution is 7.12. The van der Waals surface area contributed by atoms with Crippen LogP contribution in [0.2, 0.25) is 0 Å². The molecular formula is C23H28ClNO4S. The van der Waals surface area contributed by atoms with Crippen molar-refractivity contribution in [2.45, 2.75) is 57.8 Å². The smallest absolute Gasteiger partial charge is 0.168 e. The first kappa shape index (κ1) is 22.9. The van der Waals surface area contributed by atoms with E-state index in [1.54, 1.807) is 35.6 Å². The van der Waals surface area contributed by atoms with E-state index in [9.17, 15) is 14.7 Å². The van der Waals surface area contributed by atoms with E-state index in [4.69, 9.17) is 4.74 Å². The quantitative estimate of drug-likeness (QED) is 0.652. The number of hydrogen-bond donors (Lipinski definition) is 2. The van der Waals surface area contributed by atoms with Crippen LogP contribution in [0.1, 0.15) is 56.7 Å². The van der Waals surface area contributed by atoms with E-state index in [0.717, 1.165) is 31.2 Å². The van der Waals surface area contributed by atoms with E-state index in [1.165, 1.54) is 16.7 Å². The van der Waals surface area contributed by atoms with E-state index >= 15 is 0 Å². The second-order valence-electron chi connectivity index (χ2n) is 8.11. The third-order valence-electron chi connectivity index (χ3n) is 6.02. The van der Waals surface area contributed by atoms with Gasteiger partial charge in [0.25, 0.3) is 0 Å². The van der Waals surface area contributed by atoms with Gasteiger partial charge < -0.3 is 15.2 Å². The molecule has 4 unspecified atom stereocenters. The zero-order chi connectivity index (χ0) is 20.5. The van der Waals surface area contributed by atoms with Gasteiger partial charge in [-0.3, -0.25) is 9.59 Å². The third kappa shape index (κ3) is 4.78. The molecule has 0 bridgehead atoms. The summed E-state index contributed by atoms with van der Waals surface area (Å²) in [6.07, 6.45) is 2.47. The number of Topliss-reactive ketones (excluding diaryl/α,β-unsaturated/α-hetero) is 2. The van der Waals surface area contributed by atoms with E-state index in [2.05, 4.69) is 5.32 Å². The number of carbonyl (C=O) groups is 2. The van der Waals surface area contributed by atoms with Gasteiger partial charge in [0.2, 0.25) is 0 Å². The topological polar surface area (TPSA) is 75.6 Å². The van der Waals surface area contributed by atoms with Crippen LogP contribution in [-0.4, -0.2) is 41.5 Å². The van der Waals surface area contributed by atoms with Gasteiger partial charge in [-0.15, -0.1) is 23.7 Å². The number of benzene rings is 1. The number of ether oxygens (including phenoxy) is 1. The summed E-state index contributed by atoms with van der Waals surface area (Å²) < 4.78 is 5.95. The standard InChI is InChI=1S/C23H27NO4S.ClH/c1-13-11-18-21(29-13)10-5-16(22(18)26)12-24-19-8-9-20(23(19)27)28-17-6-3-15(4-7-17)14(2)25;/h3-4,6-7,11,16,19-20,23-24,27H,5,8-10,12H2,1-2H3;1H. The van der Waals surface area contributed by atoms with Crippen molar-refractivity contribution in [3.63, 3.8) is 0 Å². The SMILES string of the molecule is CC(=O)c1ccc(OC2CCC(NCC3CCc4sc(C)cc4C3=O)C2O)cc1.Cl. The van der Waals surface area contributed by atoms with Crippen LogP contribution in [0.5, 0.6) is 5.75 Å². The summed E-state index contributed by atoms with van der Waals surface area (Å²) in [4.78, 5) is 26.5. The molecule has 2 aromatic rings. The zero-order valence-corrected chi connectivity index (χ0v) is 18.9. The molecule has 0 aliphatic heterocycles. The predicted molar refractivity (Wildman–Crippen MR) is 120 cm³/mol. The van der Waals surface area contributed by atoms with Crippen LogP contribution in [0.15, 0.2) is 30.3 Å². The number of ketones is 2. The van der Waals surface area contributed by atoms with E-state index in [1.807, 2.05) is 13.0 Å². The first-order valence-corrected chi connectivity index (χ1v) is 11.1. The summed E-state index contributed by atoms with van der Waals surface area (Å²) in [6.45, 7) is 4.17. The maximum absolute atomic E-state index is 12.8. The molecule has 2 aliphatic rings. The summed E-state index contributed by atoms with van der Waals surface area (Å²) in [6, 6.07) is 8.96. The molecule has 0 radical (unpaired) electrons. The van der Waals surface area contributed by atoms with Crippen molar-refractivity contribution in [2.75, 3.05) is 6.54 Å². The maximum atomic E-state index is 12.8. The Morgan fingerprint density at radius 3 is 2.67 bits per heavy atom. The number of fused-ring (bicyclic) bond motifs is 1. The maximum Gasteiger partial charge on any atom is 0.168 e. The van der Waals surface area contributed by atoms with E-state index < -0.39 is 6.10 Å². The number of carbonyl (C=O) groups excluding carboxylic acids is 2. The first-order valence-electron chi connectivity index (χ1n) is 10.2. The Kier molecular flexibility index (Phi) is 7.34. The van der Waals surface area contributed by atoms with Crippen molar-refractivity contribution < 1.29 is 19.4 Å². The van der Waals surface area contributed by atoms with Gasteiger partial charge >= 0.3 is 0 Å². The minimum Gasteiger partial charge on any atom is -0.488 e. The van der Waals surface area contributed by atoms with Crippen LogP contribution in [0.25, 0.3) is 0 Å². The fourth-order valence-electron chi connectivity index (χ4n) is 4.34. The number of aliphatic hydroxyl groups is 1. The van der Waals surface area contributed by atoms with Gasteiger partial charge in [-0.2, -0.15) is 0 Å². The second-order valence-corrected chi connectivity index (χ2v) is 9.45. The van der Waals surface area contributed by atoms with Gasteiger partial charge in [0.15, 0.2) is 11.6 Å². The van der Waals surface area contributed by atoms with Crippen LogP contribution in [-0.2, 0) is 6.42 Å². The minimum atomic E-state index is -0.625. The zero-order valence-electron chi connectivity index (χ0n) is 17.2. The monoisotopic (exact) mass is 449 g/mol. The largest absolute Gasteiger partial charge is 0.488 e. The van der Waals surface area contributed by atoms with Crippen molar-refractivity contribution in [1.82, 2.24) is 5.32 Å². The molecule has 2 N–H and O–H groups in total. The number of halogens is 1. The van der Waals surface area contributed by atoms with Gasteiger partial charge in [0.05, 0.1) is 0 Å². The lowest BCUT2D eigenvalue weighted by Crippen LogP contribution is -2.44. The number of hydrogen-bond acceptors (Lipinski definition) is 6. The first-order chi connectivity index (χ1) is 13.9. The Labute approximate surface area is 187 Å². The molecule has 1 heterocycles. The van der Waals surface area contributed by atoms with Crippen molar-refractivity contribution in [1.29, 1.82) is 0 Å². The average molecular weight is 450 g/mol. The molecule has 1 aromatic carbocycles. The van der Waals surface area contributed by atoms with Crippen molar-refractivity contribution in [3.8, 4) is 5.75 Å². The van der Waals surface area contributed by atoms with Crippen molar-refractivity contribution in [2.24, 2.45) is 5.92 Å². The molecule has 1 aromatic heterocycles. The van der Waals surface area contributed by atoms with Gasteiger partial charge in [-0.05, 0) is 69.9 Å². The van der Waals surface area contributed by atoms with Crippen LogP contribution < -0.4 is 10.1 Å². The number of aryl methyl sites for hydroxylation is 2. The Balaban J connectivity index is 0.00000256. The number of nitrogens with one attached hydrogen (secondary N) is 1. The molecule has 4 rings (SSSR count). The third-order valence-corrected chi connectivity index (χ3v) is 7.13. The van der Waals surface area contributed by atoms with Gasteiger partial charge in [0, 0.05) is 39.4 Å². The minimum absolute atomic E-state index is 0. The molecule has 1 saturated carbocycles. The molecule has 7 heteroatoms. The van der Waals surface area contributed by atoms with Crippen molar-refractivity contribution in [3.05, 3.63) is 51.2 Å². The van der Waals surface area contributed by atoms with Gasteiger partial charge in [-0.25, -0.2) is 0 Å². The summed E-state index contributed by atoms with van der Waals surface area (Å²) in [5.41, 5.74) is 1.54. The van der Waals surface area contributed by atoms with E-state index in [0.29, 0.717) is 17.9 Å². The van der Waals surface area contributed by atoms with Crippen LogP contribution in [0.4, 0.5) is 0 Å².